The lowest BCUT2D eigenvalue weighted by molar-refractivity contribution is -0.117. The number of carbonyl (C=O) groups excluding carboxylic acids is 1. The summed E-state index contributed by atoms with van der Waals surface area (Å²) in [7, 11) is 0. The molecule has 1 aromatic rings. The zero-order valence-electron chi connectivity index (χ0n) is 7.46. The van der Waals surface area contributed by atoms with Crippen LogP contribution in [0.3, 0.4) is 0 Å². The van der Waals surface area contributed by atoms with Crippen LogP contribution in [0.5, 0.6) is 0 Å². The van der Waals surface area contributed by atoms with E-state index in [0.29, 0.717) is 6.42 Å². The van der Waals surface area contributed by atoms with E-state index in [4.69, 9.17) is 5.73 Å². The van der Waals surface area contributed by atoms with Crippen molar-refractivity contribution in [3.8, 4) is 0 Å². The first kappa shape index (κ1) is 10.3. The molecule has 2 nitrogen and oxygen atoms in total. The highest BCUT2D eigenvalue weighted by molar-refractivity contribution is 9.10. The van der Waals surface area contributed by atoms with Gasteiger partial charge in [0.15, 0.2) is 0 Å². The summed E-state index contributed by atoms with van der Waals surface area (Å²) in [5.74, 6) is -0.316. The summed E-state index contributed by atoms with van der Waals surface area (Å²) in [6.45, 7) is 2.02. The van der Waals surface area contributed by atoms with E-state index in [2.05, 4.69) is 15.9 Å². The molecule has 70 valence electrons. The number of nitrogens with two attached hydrogens (primary N) is 1. The van der Waals surface area contributed by atoms with Gasteiger partial charge in [0, 0.05) is 0 Å². The molecule has 2 N–H and O–H groups in total. The van der Waals surface area contributed by atoms with Crippen LogP contribution in [0.2, 0.25) is 0 Å². The van der Waals surface area contributed by atoms with Crippen molar-refractivity contribution in [2.75, 3.05) is 0 Å². The molecule has 0 aliphatic heterocycles. The Morgan fingerprint density at radius 3 is 2.69 bits per heavy atom. The normalized spacial score (nSPS) is 12.5. The molecule has 13 heavy (non-hydrogen) atoms. The molecule has 0 saturated carbocycles. The Hall–Kier alpha value is -0.830. The average Bonchev–Trinajstić information content (AvgIpc) is 2.08. The Labute approximate surface area is 86.3 Å². The Bertz CT molecular complexity index is 312. The van der Waals surface area contributed by atoms with Gasteiger partial charge in [-0.15, -0.1) is 0 Å². The Balaban J connectivity index is 2.74. The van der Waals surface area contributed by atoms with Crippen molar-refractivity contribution in [1.29, 1.82) is 0 Å². The second-order valence-electron chi connectivity index (χ2n) is 3.00. The number of hydrogen-bond donors (Lipinski definition) is 1. The summed E-state index contributed by atoms with van der Waals surface area (Å²) in [5, 5.41) is 0. The SMILES string of the molecule is Cc1ccccc1CC(Br)C(N)=O. The van der Waals surface area contributed by atoms with Crippen LogP contribution in [0.25, 0.3) is 0 Å². The maximum absolute atomic E-state index is 10.8. The lowest BCUT2D eigenvalue weighted by atomic mass is 10.0. The molecule has 0 spiro atoms. The molecular weight excluding hydrogens is 230 g/mol. The number of carbonyl (C=O) groups is 1. The predicted octanol–water partition coefficient (Wildman–Crippen LogP) is 1.79. The number of halogens is 1. The van der Waals surface area contributed by atoms with E-state index in [1.165, 1.54) is 5.56 Å². The largest absolute Gasteiger partial charge is 0.369 e. The van der Waals surface area contributed by atoms with Crippen LogP contribution in [-0.4, -0.2) is 10.7 Å². The van der Waals surface area contributed by atoms with Crippen LogP contribution in [0, 0.1) is 6.92 Å². The van der Waals surface area contributed by atoms with E-state index in [0.717, 1.165) is 5.56 Å². The third kappa shape index (κ3) is 2.84. The summed E-state index contributed by atoms with van der Waals surface area (Å²) in [6, 6.07) is 7.97. The number of primary amides is 1. The summed E-state index contributed by atoms with van der Waals surface area (Å²) in [5.41, 5.74) is 7.49. The van der Waals surface area contributed by atoms with E-state index < -0.39 is 0 Å². The molecule has 1 unspecified atom stereocenters. The highest BCUT2D eigenvalue weighted by Crippen LogP contribution is 2.13. The lowest BCUT2D eigenvalue weighted by Gasteiger charge is -2.07. The van der Waals surface area contributed by atoms with Crippen molar-refractivity contribution in [3.05, 3.63) is 35.4 Å². The van der Waals surface area contributed by atoms with Crippen LogP contribution in [0.1, 0.15) is 11.1 Å². The van der Waals surface area contributed by atoms with E-state index in [1.54, 1.807) is 0 Å². The minimum Gasteiger partial charge on any atom is -0.369 e. The zero-order valence-corrected chi connectivity index (χ0v) is 9.04. The summed E-state index contributed by atoms with van der Waals surface area (Å²) in [6.07, 6.45) is 0.655. The van der Waals surface area contributed by atoms with Gasteiger partial charge < -0.3 is 5.73 Å². The number of rotatable bonds is 3. The first-order valence-corrected chi connectivity index (χ1v) is 5.00. The molecule has 1 aromatic carbocycles. The smallest absolute Gasteiger partial charge is 0.231 e. The molecule has 1 atom stereocenters. The van der Waals surface area contributed by atoms with Crippen LogP contribution in [-0.2, 0) is 11.2 Å². The van der Waals surface area contributed by atoms with E-state index >= 15 is 0 Å². The molecule has 1 amide bonds. The second-order valence-corrected chi connectivity index (χ2v) is 4.11. The summed E-state index contributed by atoms with van der Waals surface area (Å²) in [4.78, 5) is 10.5. The van der Waals surface area contributed by atoms with Gasteiger partial charge >= 0.3 is 0 Å². The quantitative estimate of drug-likeness (QED) is 0.806. The van der Waals surface area contributed by atoms with E-state index in [-0.39, 0.29) is 10.7 Å². The molecule has 0 saturated heterocycles. The van der Waals surface area contributed by atoms with Gasteiger partial charge in [-0.05, 0) is 24.5 Å². The van der Waals surface area contributed by atoms with Crippen molar-refractivity contribution in [1.82, 2.24) is 0 Å². The van der Waals surface area contributed by atoms with Gasteiger partial charge in [0.25, 0.3) is 0 Å². The molecule has 0 bridgehead atoms. The predicted molar refractivity (Wildman–Crippen MR) is 56.8 cm³/mol. The molecule has 1 rings (SSSR count). The lowest BCUT2D eigenvalue weighted by Crippen LogP contribution is -2.25. The van der Waals surface area contributed by atoms with Gasteiger partial charge in [-0.2, -0.15) is 0 Å². The number of amides is 1. The maximum Gasteiger partial charge on any atom is 0.231 e. The van der Waals surface area contributed by atoms with Crippen molar-refractivity contribution in [2.45, 2.75) is 18.2 Å². The van der Waals surface area contributed by atoms with Gasteiger partial charge in [0.1, 0.15) is 0 Å². The molecule has 0 heterocycles. The van der Waals surface area contributed by atoms with Crippen LogP contribution >= 0.6 is 15.9 Å². The van der Waals surface area contributed by atoms with Crippen LogP contribution in [0.15, 0.2) is 24.3 Å². The first-order chi connectivity index (χ1) is 6.11. The third-order valence-electron chi connectivity index (χ3n) is 1.97. The van der Waals surface area contributed by atoms with Crippen molar-refractivity contribution in [2.24, 2.45) is 5.73 Å². The molecule has 0 aliphatic carbocycles. The Kier molecular flexibility index (Phi) is 3.48. The van der Waals surface area contributed by atoms with Crippen molar-refractivity contribution in [3.63, 3.8) is 0 Å². The van der Waals surface area contributed by atoms with Crippen LogP contribution < -0.4 is 5.73 Å². The average molecular weight is 242 g/mol. The Morgan fingerprint density at radius 1 is 1.54 bits per heavy atom. The van der Waals surface area contributed by atoms with Gasteiger partial charge in [0.05, 0.1) is 4.83 Å². The maximum atomic E-state index is 10.8. The number of aryl methyl sites for hydroxylation is 1. The highest BCUT2D eigenvalue weighted by atomic mass is 79.9. The fourth-order valence-corrected chi connectivity index (χ4v) is 1.48. The topological polar surface area (TPSA) is 43.1 Å². The third-order valence-corrected chi connectivity index (χ3v) is 2.74. The summed E-state index contributed by atoms with van der Waals surface area (Å²) < 4.78 is 0. The second kappa shape index (κ2) is 4.42. The minimum atomic E-state index is -0.316. The zero-order chi connectivity index (χ0) is 9.84. The molecule has 3 heteroatoms. The molecule has 0 radical (unpaired) electrons. The van der Waals surface area contributed by atoms with Gasteiger partial charge in [0.2, 0.25) is 5.91 Å². The number of alkyl halides is 1. The first-order valence-electron chi connectivity index (χ1n) is 4.09. The summed E-state index contributed by atoms with van der Waals surface area (Å²) >= 11 is 3.24. The van der Waals surface area contributed by atoms with Crippen molar-refractivity contribution < 1.29 is 4.79 Å². The monoisotopic (exact) mass is 241 g/mol. The van der Waals surface area contributed by atoms with Gasteiger partial charge in [-0.1, -0.05) is 40.2 Å². The highest BCUT2D eigenvalue weighted by Gasteiger charge is 2.11. The van der Waals surface area contributed by atoms with Crippen molar-refractivity contribution >= 4 is 21.8 Å². The van der Waals surface area contributed by atoms with Gasteiger partial charge in [-0.25, -0.2) is 0 Å². The fourth-order valence-electron chi connectivity index (χ4n) is 1.13. The van der Waals surface area contributed by atoms with E-state index in [9.17, 15) is 4.79 Å². The molecular formula is C10H12BrNO. The van der Waals surface area contributed by atoms with Gasteiger partial charge in [-0.3, -0.25) is 4.79 Å². The minimum absolute atomic E-state index is 0.270. The number of hydrogen-bond acceptors (Lipinski definition) is 1. The van der Waals surface area contributed by atoms with Crippen LogP contribution in [0.4, 0.5) is 0 Å². The molecule has 0 fully saturated rings. The molecule has 0 aliphatic rings. The number of benzene rings is 1. The molecule has 0 aromatic heterocycles. The Morgan fingerprint density at radius 2 is 2.15 bits per heavy atom. The van der Waals surface area contributed by atoms with E-state index in [1.807, 2.05) is 31.2 Å². The fraction of sp³-hybridized carbons (Fsp3) is 0.300. The standard InChI is InChI=1S/C10H12BrNO/c1-7-4-2-3-5-8(7)6-9(11)10(12)13/h2-5,9H,6H2,1H3,(H2,12,13).